The number of amides is 1. The van der Waals surface area contributed by atoms with Crippen LogP contribution in [0.15, 0.2) is 24.3 Å². The third-order valence-electron chi connectivity index (χ3n) is 2.89. The van der Waals surface area contributed by atoms with E-state index in [9.17, 15) is 4.79 Å². The van der Waals surface area contributed by atoms with Gasteiger partial charge < -0.3 is 15.6 Å². The van der Waals surface area contributed by atoms with Crippen LogP contribution < -0.4 is 11.1 Å². The lowest BCUT2D eigenvalue weighted by Gasteiger charge is -2.10. The Bertz CT molecular complexity index is 565. The first-order valence-corrected chi connectivity index (χ1v) is 6.05. The molecule has 2 aromatic rings. The van der Waals surface area contributed by atoms with E-state index < -0.39 is 6.04 Å². The Morgan fingerprint density at radius 2 is 2.16 bits per heavy atom. The first-order chi connectivity index (χ1) is 8.59. The topological polar surface area (TPSA) is 72.9 Å². The van der Waals surface area contributed by atoms with Crippen LogP contribution in [0.25, 0.3) is 11.0 Å². The fourth-order valence-electron chi connectivity index (χ4n) is 1.93. The van der Waals surface area contributed by atoms with Gasteiger partial charge in [-0.1, -0.05) is 12.1 Å². The number of imidazole rings is 1. The SMILES string of the molecule is Cc1nc2ccccc2n1CCNC(=O)C(C)N.Cl. The van der Waals surface area contributed by atoms with Crippen LogP contribution in [-0.2, 0) is 11.3 Å². The van der Waals surface area contributed by atoms with Gasteiger partial charge in [-0.2, -0.15) is 0 Å². The molecule has 0 spiro atoms. The van der Waals surface area contributed by atoms with E-state index in [2.05, 4.69) is 14.9 Å². The highest BCUT2D eigenvalue weighted by molar-refractivity contribution is 5.85. The van der Waals surface area contributed by atoms with Crippen LogP contribution in [0.2, 0.25) is 0 Å². The van der Waals surface area contributed by atoms with Crippen molar-refractivity contribution in [1.82, 2.24) is 14.9 Å². The van der Waals surface area contributed by atoms with E-state index in [-0.39, 0.29) is 18.3 Å². The summed E-state index contributed by atoms with van der Waals surface area (Å²) in [7, 11) is 0. The molecule has 1 aromatic carbocycles. The minimum absolute atomic E-state index is 0. The molecule has 0 aliphatic heterocycles. The van der Waals surface area contributed by atoms with Crippen LogP contribution >= 0.6 is 12.4 Å². The molecule has 2 rings (SSSR count). The number of para-hydroxylation sites is 2. The largest absolute Gasteiger partial charge is 0.353 e. The summed E-state index contributed by atoms with van der Waals surface area (Å²) in [6, 6.07) is 7.50. The van der Waals surface area contributed by atoms with Gasteiger partial charge >= 0.3 is 0 Å². The Balaban J connectivity index is 0.00000180. The van der Waals surface area contributed by atoms with Gasteiger partial charge in [-0.25, -0.2) is 4.98 Å². The van der Waals surface area contributed by atoms with Crippen LogP contribution in [-0.4, -0.2) is 28.0 Å². The second-order valence-corrected chi connectivity index (χ2v) is 4.38. The zero-order valence-electron chi connectivity index (χ0n) is 11.1. The number of nitrogens with one attached hydrogen (secondary N) is 1. The van der Waals surface area contributed by atoms with E-state index in [1.54, 1.807) is 6.92 Å². The minimum Gasteiger partial charge on any atom is -0.353 e. The summed E-state index contributed by atoms with van der Waals surface area (Å²) in [5.74, 6) is 0.823. The number of carbonyl (C=O) groups is 1. The number of aromatic nitrogens is 2. The molecule has 0 fully saturated rings. The molecule has 5 nitrogen and oxygen atoms in total. The summed E-state index contributed by atoms with van der Waals surface area (Å²) in [6.45, 7) is 4.90. The molecule has 104 valence electrons. The molecule has 0 aliphatic carbocycles. The molecule has 1 aromatic heterocycles. The predicted octanol–water partition coefficient (Wildman–Crippen LogP) is 1.23. The molecule has 1 atom stereocenters. The van der Waals surface area contributed by atoms with Crippen LogP contribution in [0.4, 0.5) is 0 Å². The van der Waals surface area contributed by atoms with Crippen LogP contribution in [0, 0.1) is 6.92 Å². The maximum Gasteiger partial charge on any atom is 0.236 e. The fraction of sp³-hybridized carbons (Fsp3) is 0.385. The summed E-state index contributed by atoms with van der Waals surface area (Å²) in [6.07, 6.45) is 0. The summed E-state index contributed by atoms with van der Waals surface area (Å²) in [5, 5.41) is 2.80. The molecule has 0 saturated heterocycles. The first-order valence-electron chi connectivity index (χ1n) is 6.05. The van der Waals surface area contributed by atoms with Crippen molar-refractivity contribution in [2.75, 3.05) is 6.54 Å². The second-order valence-electron chi connectivity index (χ2n) is 4.38. The van der Waals surface area contributed by atoms with Crippen LogP contribution in [0.1, 0.15) is 12.7 Å². The van der Waals surface area contributed by atoms with Crippen molar-refractivity contribution >= 4 is 29.3 Å². The molecular formula is C13H19ClN4O. The highest BCUT2D eigenvalue weighted by atomic mass is 35.5. The maximum absolute atomic E-state index is 11.4. The predicted molar refractivity (Wildman–Crippen MR) is 78.4 cm³/mol. The van der Waals surface area contributed by atoms with Gasteiger partial charge in [0, 0.05) is 13.1 Å². The van der Waals surface area contributed by atoms with Crippen LogP contribution in [0.5, 0.6) is 0 Å². The molecule has 0 aliphatic rings. The summed E-state index contributed by atoms with van der Waals surface area (Å²) >= 11 is 0. The fourth-order valence-corrected chi connectivity index (χ4v) is 1.93. The quantitative estimate of drug-likeness (QED) is 0.886. The first kappa shape index (κ1) is 15.5. The maximum atomic E-state index is 11.4. The molecule has 1 heterocycles. The molecule has 0 bridgehead atoms. The normalized spacial score (nSPS) is 11.9. The van der Waals surface area contributed by atoms with E-state index in [0.29, 0.717) is 13.1 Å². The Hall–Kier alpha value is -1.59. The Kier molecular flexibility index (Phi) is 5.32. The van der Waals surface area contributed by atoms with Gasteiger partial charge in [0.25, 0.3) is 0 Å². The van der Waals surface area contributed by atoms with Gasteiger partial charge in [-0.3, -0.25) is 4.79 Å². The van der Waals surface area contributed by atoms with Crippen LogP contribution in [0.3, 0.4) is 0 Å². The van der Waals surface area contributed by atoms with Gasteiger partial charge in [-0.05, 0) is 26.0 Å². The lowest BCUT2D eigenvalue weighted by molar-refractivity contribution is -0.122. The third-order valence-corrected chi connectivity index (χ3v) is 2.89. The van der Waals surface area contributed by atoms with Gasteiger partial charge in [0.15, 0.2) is 0 Å². The van der Waals surface area contributed by atoms with Crippen molar-refractivity contribution in [2.24, 2.45) is 5.73 Å². The zero-order chi connectivity index (χ0) is 13.1. The average Bonchev–Trinajstić information content (AvgIpc) is 2.65. The number of halogens is 1. The van der Waals surface area contributed by atoms with Crippen molar-refractivity contribution in [1.29, 1.82) is 0 Å². The number of nitrogens with zero attached hydrogens (tertiary/aromatic N) is 2. The Labute approximate surface area is 118 Å². The van der Waals surface area contributed by atoms with E-state index in [0.717, 1.165) is 16.9 Å². The van der Waals surface area contributed by atoms with E-state index in [1.807, 2.05) is 31.2 Å². The Morgan fingerprint density at radius 3 is 2.84 bits per heavy atom. The lowest BCUT2D eigenvalue weighted by atomic mass is 10.3. The van der Waals surface area contributed by atoms with Crippen molar-refractivity contribution in [3.8, 4) is 0 Å². The summed E-state index contributed by atoms with van der Waals surface area (Å²) in [5.41, 5.74) is 7.55. The highest BCUT2D eigenvalue weighted by Gasteiger charge is 2.08. The minimum atomic E-state index is -0.467. The van der Waals surface area contributed by atoms with Crippen molar-refractivity contribution in [2.45, 2.75) is 26.4 Å². The Morgan fingerprint density at radius 1 is 1.47 bits per heavy atom. The highest BCUT2D eigenvalue weighted by Crippen LogP contribution is 2.14. The molecule has 19 heavy (non-hydrogen) atoms. The van der Waals surface area contributed by atoms with Gasteiger partial charge in [-0.15, -0.1) is 12.4 Å². The van der Waals surface area contributed by atoms with E-state index in [1.165, 1.54) is 0 Å². The number of benzene rings is 1. The zero-order valence-corrected chi connectivity index (χ0v) is 11.9. The second kappa shape index (κ2) is 6.54. The molecule has 0 radical (unpaired) electrons. The number of hydrogen-bond acceptors (Lipinski definition) is 3. The summed E-state index contributed by atoms with van der Waals surface area (Å²) in [4.78, 5) is 15.8. The smallest absolute Gasteiger partial charge is 0.236 e. The monoisotopic (exact) mass is 282 g/mol. The lowest BCUT2D eigenvalue weighted by Crippen LogP contribution is -2.39. The molecular weight excluding hydrogens is 264 g/mol. The molecule has 3 N–H and O–H groups in total. The number of nitrogens with two attached hydrogens (primary N) is 1. The molecule has 1 unspecified atom stereocenters. The van der Waals surface area contributed by atoms with Crippen molar-refractivity contribution < 1.29 is 4.79 Å². The standard InChI is InChI=1S/C13H18N4O.ClH/c1-9(14)13(18)15-7-8-17-10(2)16-11-5-3-4-6-12(11)17;/h3-6,9H,7-8,14H2,1-2H3,(H,15,18);1H. The van der Waals surface area contributed by atoms with Crippen molar-refractivity contribution in [3.05, 3.63) is 30.1 Å². The molecule has 6 heteroatoms. The van der Waals surface area contributed by atoms with Crippen molar-refractivity contribution in [3.63, 3.8) is 0 Å². The number of rotatable bonds is 4. The van der Waals surface area contributed by atoms with Gasteiger partial charge in [0.2, 0.25) is 5.91 Å². The number of aryl methyl sites for hydroxylation is 1. The molecule has 0 saturated carbocycles. The van der Waals surface area contributed by atoms with Gasteiger partial charge in [0.1, 0.15) is 5.82 Å². The third kappa shape index (κ3) is 3.45. The number of fused-ring (bicyclic) bond motifs is 1. The molecule has 1 amide bonds. The van der Waals surface area contributed by atoms with Gasteiger partial charge in [0.05, 0.1) is 17.1 Å². The number of hydrogen-bond donors (Lipinski definition) is 2. The number of carbonyl (C=O) groups excluding carboxylic acids is 1. The van der Waals surface area contributed by atoms with E-state index >= 15 is 0 Å². The average molecular weight is 283 g/mol. The van der Waals surface area contributed by atoms with E-state index in [4.69, 9.17) is 5.73 Å². The summed E-state index contributed by atoms with van der Waals surface area (Å²) < 4.78 is 2.09.